The van der Waals surface area contributed by atoms with E-state index in [2.05, 4.69) is 35.3 Å². The molecule has 0 saturated carbocycles. The first-order valence-electron chi connectivity index (χ1n) is 7.04. The highest BCUT2D eigenvalue weighted by atomic mass is 16.5. The lowest BCUT2D eigenvalue weighted by Crippen LogP contribution is -2.25. The van der Waals surface area contributed by atoms with Gasteiger partial charge in [-0.2, -0.15) is 5.10 Å². The molecule has 0 aliphatic carbocycles. The number of pyridine rings is 1. The van der Waals surface area contributed by atoms with Crippen LogP contribution in [-0.4, -0.2) is 28.4 Å². The van der Waals surface area contributed by atoms with Crippen molar-refractivity contribution in [1.29, 1.82) is 0 Å². The van der Waals surface area contributed by atoms with Gasteiger partial charge in [0.25, 0.3) is 0 Å². The van der Waals surface area contributed by atoms with Crippen molar-refractivity contribution in [3.05, 3.63) is 42.0 Å². The van der Waals surface area contributed by atoms with Gasteiger partial charge >= 0.3 is 0 Å². The van der Waals surface area contributed by atoms with Crippen molar-refractivity contribution < 1.29 is 4.74 Å². The van der Waals surface area contributed by atoms with Crippen molar-refractivity contribution in [2.75, 3.05) is 13.7 Å². The third-order valence-corrected chi connectivity index (χ3v) is 3.24. The van der Waals surface area contributed by atoms with Crippen molar-refractivity contribution >= 4 is 0 Å². The number of aryl methyl sites for hydroxylation is 1. The predicted octanol–water partition coefficient (Wildman–Crippen LogP) is 2.40. The summed E-state index contributed by atoms with van der Waals surface area (Å²) in [6.07, 6.45) is 6.45. The highest BCUT2D eigenvalue weighted by Crippen LogP contribution is 2.29. The highest BCUT2D eigenvalue weighted by molar-refractivity contribution is 5.37. The summed E-state index contributed by atoms with van der Waals surface area (Å²) in [6.45, 7) is 6.03. The lowest BCUT2D eigenvalue weighted by molar-refractivity contribution is 0.399. The van der Waals surface area contributed by atoms with Crippen LogP contribution in [0.4, 0.5) is 0 Å². The van der Waals surface area contributed by atoms with Crippen molar-refractivity contribution in [2.24, 2.45) is 0 Å². The summed E-state index contributed by atoms with van der Waals surface area (Å²) >= 11 is 0. The van der Waals surface area contributed by atoms with E-state index in [9.17, 15) is 0 Å². The molecule has 0 aliphatic heterocycles. The molecule has 0 aromatic carbocycles. The van der Waals surface area contributed by atoms with Crippen molar-refractivity contribution in [2.45, 2.75) is 32.9 Å². The summed E-state index contributed by atoms with van der Waals surface area (Å²) in [5.41, 5.74) is 2.24. The fraction of sp³-hybridized carbons (Fsp3) is 0.467. The molecule has 5 nitrogen and oxygen atoms in total. The van der Waals surface area contributed by atoms with Gasteiger partial charge in [-0.15, -0.1) is 0 Å². The molecule has 2 aromatic heterocycles. The zero-order valence-electron chi connectivity index (χ0n) is 12.3. The average Bonchev–Trinajstić information content (AvgIpc) is 2.93. The van der Waals surface area contributed by atoms with E-state index in [0.29, 0.717) is 0 Å². The zero-order chi connectivity index (χ0) is 14.4. The Kier molecular flexibility index (Phi) is 5.12. The third-order valence-electron chi connectivity index (χ3n) is 3.24. The minimum atomic E-state index is 0.0620. The van der Waals surface area contributed by atoms with Crippen LogP contribution in [0.25, 0.3) is 0 Å². The van der Waals surface area contributed by atoms with E-state index in [1.165, 1.54) is 0 Å². The average molecular weight is 274 g/mol. The largest absolute Gasteiger partial charge is 0.495 e. The number of nitrogens with one attached hydrogen (secondary N) is 1. The highest BCUT2D eigenvalue weighted by Gasteiger charge is 2.20. The number of methoxy groups -OCH3 is 1. The molecule has 2 heterocycles. The lowest BCUT2D eigenvalue weighted by Gasteiger charge is -2.21. The molecular formula is C15H22N4O. The second-order valence-corrected chi connectivity index (χ2v) is 4.59. The molecule has 0 radical (unpaired) electrons. The topological polar surface area (TPSA) is 52.0 Å². The van der Waals surface area contributed by atoms with Gasteiger partial charge in [0.05, 0.1) is 25.0 Å². The number of hydrogen-bond acceptors (Lipinski definition) is 4. The molecule has 5 heteroatoms. The lowest BCUT2D eigenvalue weighted by atomic mass is 10.0. The van der Waals surface area contributed by atoms with E-state index in [4.69, 9.17) is 4.74 Å². The second-order valence-electron chi connectivity index (χ2n) is 4.59. The molecule has 1 atom stereocenters. The van der Waals surface area contributed by atoms with Gasteiger partial charge in [-0.3, -0.25) is 9.67 Å². The van der Waals surface area contributed by atoms with E-state index in [1.807, 2.05) is 16.9 Å². The first-order chi connectivity index (χ1) is 9.81. The summed E-state index contributed by atoms with van der Waals surface area (Å²) in [6, 6.07) is 4.12. The van der Waals surface area contributed by atoms with Crippen LogP contribution in [0.15, 0.2) is 30.7 Å². The van der Waals surface area contributed by atoms with Gasteiger partial charge in [0.1, 0.15) is 5.75 Å². The second kappa shape index (κ2) is 7.05. The van der Waals surface area contributed by atoms with Crippen LogP contribution in [0.3, 0.4) is 0 Å². The van der Waals surface area contributed by atoms with Crippen LogP contribution in [0, 0.1) is 0 Å². The van der Waals surface area contributed by atoms with Gasteiger partial charge in [-0.25, -0.2) is 0 Å². The zero-order valence-corrected chi connectivity index (χ0v) is 12.3. The molecule has 0 amide bonds. The molecule has 1 unspecified atom stereocenters. The maximum atomic E-state index is 5.44. The minimum absolute atomic E-state index is 0.0620. The summed E-state index contributed by atoms with van der Waals surface area (Å²) < 4.78 is 7.49. The standard InChI is InChI=1S/C15H22N4O/c1-4-10-19-13(7-9-18-19)15(17-5-2)12-6-8-16-11-14(12)20-3/h6-9,11,15,17H,4-5,10H2,1-3H3. The van der Waals surface area contributed by atoms with Crippen LogP contribution in [-0.2, 0) is 6.54 Å². The molecule has 0 fully saturated rings. The molecule has 0 spiro atoms. The number of aromatic nitrogens is 3. The van der Waals surface area contributed by atoms with E-state index >= 15 is 0 Å². The van der Waals surface area contributed by atoms with Gasteiger partial charge in [0, 0.05) is 24.5 Å². The fourth-order valence-corrected chi connectivity index (χ4v) is 2.36. The number of hydrogen-bond donors (Lipinski definition) is 1. The first kappa shape index (κ1) is 14.5. The number of rotatable bonds is 7. The third kappa shape index (κ3) is 2.99. The van der Waals surface area contributed by atoms with Crippen molar-refractivity contribution in [3.8, 4) is 5.75 Å². The van der Waals surface area contributed by atoms with E-state index in [0.717, 1.165) is 36.5 Å². The van der Waals surface area contributed by atoms with Crippen LogP contribution in [0.1, 0.15) is 37.6 Å². The summed E-state index contributed by atoms with van der Waals surface area (Å²) in [5, 5.41) is 7.92. The van der Waals surface area contributed by atoms with Crippen LogP contribution in [0.5, 0.6) is 5.75 Å². The molecule has 1 N–H and O–H groups in total. The Morgan fingerprint density at radius 1 is 1.30 bits per heavy atom. The van der Waals surface area contributed by atoms with Crippen molar-refractivity contribution in [1.82, 2.24) is 20.1 Å². The minimum Gasteiger partial charge on any atom is -0.495 e. The molecule has 0 aliphatic rings. The van der Waals surface area contributed by atoms with Gasteiger partial charge in [0.15, 0.2) is 0 Å². The maximum Gasteiger partial charge on any atom is 0.142 e. The summed E-state index contributed by atoms with van der Waals surface area (Å²) in [4.78, 5) is 4.12. The Bertz CT molecular complexity index is 538. The van der Waals surface area contributed by atoms with Crippen LogP contribution < -0.4 is 10.1 Å². The monoisotopic (exact) mass is 274 g/mol. The molecule has 0 saturated heterocycles. The Hall–Kier alpha value is -1.88. The number of nitrogens with zero attached hydrogens (tertiary/aromatic N) is 3. The van der Waals surface area contributed by atoms with Gasteiger partial charge < -0.3 is 10.1 Å². The molecule has 2 rings (SSSR count). The Morgan fingerprint density at radius 2 is 2.15 bits per heavy atom. The molecule has 20 heavy (non-hydrogen) atoms. The Morgan fingerprint density at radius 3 is 2.85 bits per heavy atom. The first-order valence-corrected chi connectivity index (χ1v) is 7.04. The smallest absolute Gasteiger partial charge is 0.142 e. The van der Waals surface area contributed by atoms with Crippen LogP contribution in [0.2, 0.25) is 0 Å². The molecular weight excluding hydrogens is 252 g/mol. The molecule has 0 bridgehead atoms. The van der Waals surface area contributed by atoms with Gasteiger partial charge in [-0.1, -0.05) is 13.8 Å². The van der Waals surface area contributed by atoms with E-state index in [-0.39, 0.29) is 6.04 Å². The normalized spacial score (nSPS) is 12.3. The molecule has 2 aromatic rings. The van der Waals surface area contributed by atoms with Crippen molar-refractivity contribution in [3.63, 3.8) is 0 Å². The molecule has 108 valence electrons. The summed E-state index contributed by atoms with van der Waals surface area (Å²) in [5.74, 6) is 0.794. The van der Waals surface area contributed by atoms with Gasteiger partial charge in [-0.05, 0) is 25.1 Å². The summed E-state index contributed by atoms with van der Waals surface area (Å²) in [7, 11) is 1.67. The fourth-order valence-electron chi connectivity index (χ4n) is 2.36. The predicted molar refractivity (Wildman–Crippen MR) is 78.8 cm³/mol. The van der Waals surface area contributed by atoms with Gasteiger partial charge in [0.2, 0.25) is 0 Å². The van der Waals surface area contributed by atoms with E-state index in [1.54, 1.807) is 19.5 Å². The number of ether oxygens (including phenoxy) is 1. The SMILES string of the molecule is CCCn1nccc1C(NCC)c1ccncc1OC. The van der Waals surface area contributed by atoms with E-state index < -0.39 is 0 Å². The maximum absolute atomic E-state index is 5.44. The Labute approximate surface area is 120 Å². The van der Waals surface area contributed by atoms with Crippen LogP contribution >= 0.6 is 0 Å². The Balaban J connectivity index is 2.42. The quantitative estimate of drug-likeness (QED) is 0.842.